The summed E-state index contributed by atoms with van der Waals surface area (Å²) in [5, 5.41) is 35.1. The number of aliphatic hydroxyl groups excluding tert-OH is 2. The molecule has 3 aromatic rings. The monoisotopic (exact) mass is 593 g/mol. The van der Waals surface area contributed by atoms with Gasteiger partial charge in [-0.2, -0.15) is 0 Å². The van der Waals surface area contributed by atoms with Gasteiger partial charge in [-0.25, -0.2) is 4.79 Å². The Morgan fingerprint density at radius 1 is 1.05 bits per heavy atom. The van der Waals surface area contributed by atoms with Crippen molar-refractivity contribution in [3.8, 4) is 5.75 Å². The van der Waals surface area contributed by atoms with Gasteiger partial charge >= 0.3 is 12.0 Å². The van der Waals surface area contributed by atoms with Crippen LogP contribution >= 0.6 is 0 Å². The number of hydrogen-bond acceptors (Lipinski definition) is 9. The van der Waals surface area contributed by atoms with Gasteiger partial charge in [0.05, 0.1) is 31.5 Å². The van der Waals surface area contributed by atoms with Crippen molar-refractivity contribution in [2.24, 2.45) is 0 Å². The molecule has 230 valence electrons. The van der Waals surface area contributed by atoms with Crippen LogP contribution in [0.5, 0.6) is 5.75 Å². The van der Waals surface area contributed by atoms with Crippen LogP contribution in [0.4, 0.5) is 10.5 Å². The minimum Gasteiger partial charge on any atom is -0.508 e. The number of carbonyl (C=O) groups is 2. The number of urea groups is 1. The highest BCUT2D eigenvalue weighted by Crippen LogP contribution is 2.38. The molecule has 2 amide bonds. The number of carbonyl (C=O) groups excluding carboxylic acids is 2. The number of phenols is 1. The molecule has 1 saturated heterocycles. The molecule has 4 atom stereocenters. The number of benzene rings is 3. The molecule has 4 rings (SSSR count). The molecule has 0 spiro atoms. The molecule has 43 heavy (non-hydrogen) atoms. The Labute approximate surface area is 251 Å². The van der Waals surface area contributed by atoms with Crippen LogP contribution in [0, 0.1) is 0 Å². The Kier molecular flexibility index (Phi) is 11.5. The van der Waals surface area contributed by atoms with Crippen LogP contribution < -0.4 is 10.6 Å². The topological polar surface area (TPSA) is 150 Å². The quantitative estimate of drug-likeness (QED) is 0.198. The number of rotatable bonds is 12. The lowest BCUT2D eigenvalue weighted by atomic mass is 9.99. The Morgan fingerprint density at radius 2 is 1.77 bits per heavy atom. The van der Waals surface area contributed by atoms with Crippen LogP contribution in [0.2, 0.25) is 0 Å². The number of amides is 2. The minimum atomic E-state index is -0.788. The highest BCUT2D eigenvalue weighted by Gasteiger charge is 2.33. The van der Waals surface area contributed by atoms with E-state index < -0.39 is 24.4 Å². The standard InChI is InChI=1S/C32H39N3O8/c1-3-41-30(39)17-33-32(40)34-25-13-11-23(12-14-25)31-42-27(16-29(43-31)22-9-7-21(20-36)8-10-22)18-35(2)19-28(38)24-5-4-6-26(37)15-24/h4-15,27-29,31,36-38H,3,16-20H2,1-2H3,(H2,33,34,40). The molecular weight excluding hydrogens is 554 g/mol. The maximum Gasteiger partial charge on any atom is 0.325 e. The molecule has 3 aromatic carbocycles. The lowest BCUT2D eigenvalue weighted by Crippen LogP contribution is -2.39. The maximum absolute atomic E-state index is 12.2. The molecule has 0 bridgehead atoms. The van der Waals surface area contributed by atoms with E-state index in [1.807, 2.05) is 36.2 Å². The molecule has 1 fully saturated rings. The van der Waals surface area contributed by atoms with Gasteiger partial charge in [-0.15, -0.1) is 0 Å². The van der Waals surface area contributed by atoms with Crippen LogP contribution in [0.1, 0.15) is 54.1 Å². The Morgan fingerprint density at radius 3 is 2.44 bits per heavy atom. The number of esters is 1. The number of nitrogens with one attached hydrogen (secondary N) is 2. The van der Waals surface area contributed by atoms with Crippen molar-refractivity contribution in [1.29, 1.82) is 0 Å². The Balaban J connectivity index is 1.43. The molecule has 4 unspecified atom stereocenters. The van der Waals surface area contributed by atoms with E-state index in [1.54, 1.807) is 55.5 Å². The molecule has 0 aliphatic carbocycles. The summed E-state index contributed by atoms with van der Waals surface area (Å²) < 4.78 is 17.6. The van der Waals surface area contributed by atoms with Gasteiger partial charge in [0.2, 0.25) is 0 Å². The van der Waals surface area contributed by atoms with Crippen molar-refractivity contribution in [2.75, 3.05) is 38.6 Å². The van der Waals surface area contributed by atoms with Gasteiger partial charge in [0, 0.05) is 30.8 Å². The van der Waals surface area contributed by atoms with Crippen LogP contribution in [0.3, 0.4) is 0 Å². The van der Waals surface area contributed by atoms with Gasteiger partial charge in [0.1, 0.15) is 12.3 Å². The van der Waals surface area contributed by atoms with E-state index in [0.717, 1.165) is 16.7 Å². The van der Waals surface area contributed by atoms with Crippen LogP contribution in [-0.4, -0.2) is 71.6 Å². The van der Waals surface area contributed by atoms with Crippen molar-refractivity contribution in [1.82, 2.24) is 10.2 Å². The largest absolute Gasteiger partial charge is 0.508 e. The zero-order valence-electron chi connectivity index (χ0n) is 24.3. The van der Waals surface area contributed by atoms with E-state index in [1.165, 1.54) is 0 Å². The fourth-order valence-electron chi connectivity index (χ4n) is 4.85. The number of nitrogens with zero attached hydrogens (tertiary/aromatic N) is 1. The molecule has 5 N–H and O–H groups in total. The van der Waals surface area contributed by atoms with Gasteiger partial charge in [0.25, 0.3) is 0 Å². The predicted octanol–water partition coefficient (Wildman–Crippen LogP) is 3.78. The number of hydrogen-bond donors (Lipinski definition) is 5. The number of ether oxygens (including phenoxy) is 3. The first kappa shape index (κ1) is 31.9. The van der Waals surface area contributed by atoms with Crippen molar-refractivity contribution in [2.45, 2.75) is 44.6 Å². The first-order valence-corrected chi connectivity index (χ1v) is 14.2. The molecule has 1 aliphatic rings. The van der Waals surface area contributed by atoms with Gasteiger partial charge < -0.3 is 45.1 Å². The summed E-state index contributed by atoms with van der Waals surface area (Å²) in [6, 6.07) is 20.7. The van der Waals surface area contributed by atoms with Crippen molar-refractivity contribution >= 4 is 17.7 Å². The zero-order chi connectivity index (χ0) is 30.8. The molecular formula is C32H39N3O8. The van der Waals surface area contributed by atoms with Gasteiger partial charge in [-0.05, 0) is 54.9 Å². The average Bonchev–Trinajstić information content (AvgIpc) is 3.00. The van der Waals surface area contributed by atoms with Gasteiger partial charge in [0.15, 0.2) is 6.29 Å². The zero-order valence-corrected chi connectivity index (χ0v) is 24.3. The summed E-state index contributed by atoms with van der Waals surface area (Å²) in [6.45, 7) is 2.50. The van der Waals surface area contributed by atoms with Crippen molar-refractivity contribution in [3.63, 3.8) is 0 Å². The van der Waals surface area contributed by atoms with Crippen molar-refractivity contribution in [3.05, 3.63) is 95.1 Å². The predicted molar refractivity (Wildman–Crippen MR) is 159 cm³/mol. The Hall–Kier alpha value is -4.00. The third-order valence-corrected chi connectivity index (χ3v) is 7.01. The van der Waals surface area contributed by atoms with Crippen LogP contribution in [0.15, 0.2) is 72.8 Å². The van der Waals surface area contributed by atoms with Crippen LogP contribution in [-0.2, 0) is 25.6 Å². The van der Waals surface area contributed by atoms with Crippen molar-refractivity contribution < 1.29 is 39.1 Å². The summed E-state index contributed by atoms with van der Waals surface area (Å²) >= 11 is 0. The molecule has 0 radical (unpaired) electrons. The molecule has 1 aliphatic heterocycles. The number of aliphatic hydroxyl groups is 2. The van der Waals surface area contributed by atoms with E-state index >= 15 is 0 Å². The molecule has 0 aromatic heterocycles. The lowest BCUT2D eigenvalue weighted by molar-refractivity contribution is -0.252. The van der Waals surface area contributed by atoms with E-state index in [0.29, 0.717) is 30.8 Å². The first-order chi connectivity index (χ1) is 20.7. The average molecular weight is 594 g/mol. The smallest absolute Gasteiger partial charge is 0.325 e. The first-order valence-electron chi connectivity index (χ1n) is 14.2. The number of anilines is 1. The summed E-state index contributed by atoms with van der Waals surface area (Å²) in [7, 11) is 1.90. The third kappa shape index (κ3) is 9.50. The minimum absolute atomic E-state index is 0.0479. The second kappa shape index (κ2) is 15.5. The molecule has 11 heteroatoms. The van der Waals surface area contributed by atoms with E-state index in [4.69, 9.17) is 14.2 Å². The fraction of sp³-hybridized carbons (Fsp3) is 0.375. The highest BCUT2D eigenvalue weighted by molar-refractivity contribution is 5.91. The van der Waals surface area contributed by atoms with Gasteiger partial charge in [-0.1, -0.05) is 48.5 Å². The molecule has 0 saturated carbocycles. The summed E-state index contributed by atoms with van der Waals surface area (Å²) in [4.78, 5) is 25.6. The van der Waals surface area contributed by atoms with E-state index in [2.05, 4.69) is 10.6 Å². The van der Waals surface area contributed by atoms with E-state index in [9.17, 15) is 24.9 Å². The normalized spacial score (nSPS) is 19.0. The fourth-order valence-corrected chi connectivity index (χ4v) is 4.85. The van der Waals surface area contributed by atoms with E-state index in [-0.39, 0.29) is 37.7 Å². The van der Waals surface area contributed by atoms with Gasteiger partial charge in [-0.3, -0.25) is 4.79 Å². The Bertz CT molecular complexity index is 1340. The summed E-state index contributed by atoms with van der Waals surface area (Å²) in [5.41, 5.74) is 3.66. The summed E-state index contributed by atoms with van der Waals surface area (Å²) in [6.07, 6.45) is -1.44. The number of likely N-dealkylation sites (N-methyl/N-ethyl adjacent to an activating group) is 1. The lowest BCUT2D eigenvalue weighted by Gasteiger charge is -2.38. The summed E-state index contributed by atoms with van der Waals surface area (Å²) in [5.74, 6) is -0.419. The second-order valence-corrected chi connectivity index (χ2v) is 10.4. The SMILES string of the molecule is CCOC(=O)CNC(=O)Nc1ccc(C2OC(CN(C)CC(O)c3cccc(O)c3)CC(c3ccc(CO)cc3)O2)cc1. The molecule has 1 heterocycles. The second-order valence-electron chi connectivity index (χ2n) is 10.4. The van der Waals surface area contributed by atoms with Crippen LogP contribution in [0.25, 0.3) is 0 Å². The third-order valence-electron chi connectivity index (χ3n) is 7.01. The highest BCUT2D eigenvalue weighted by atomic mass is 16.7. The molecule has 11 nitrogen and oxygen atoms in total. The maximum atomic E-state index is 12.2. The number of aromatic hydroxyl groups is 1. The number of phenolic OH excluding ortho intramolecular Hbond substituents is 1.